The molecule has 0 aliphatic carbocycles. The van der Waals surface area contributed by atoms with Crippen LogP contribution in [0.25, 0.3) is 11.0 Å². The van der Waals surface area contributed by atoms with E-state index in [9.17, 15) is 0 Å². The molecule has 19 heavy (non-hydrogen) atoms. The number of benzene rings is 2. The maximum atomic E-state index is 4.69. The average Bonchev–Trinajstić information content (AvgIpc) is 2.81. The summed E-state index contributed by atoms with van der Waals surface area (Å²) in [6.07, 6.45) is 0. The molecule has 2 nitrogen and oxygen atoms in total. The first kappa shape index (κ1) is 12.3. The highest BCUT2D eigenvalue weighted by Gasteiger charge is 2.06. The second-order valence-electron chi connectivity index (χ2n) is 4.76. The molecule has 96 valence electrons. The molecule has 3 aromatic rings. The zero-order valence-electron chi connectivity index (χ0n) is 11.1. The van der Waals surface area contributed by atoms with Crippen LogP contribution in [-0.2, 0) is 5.75 Å². The lowest BCUT2D eigenvalue weighted by molar-refractivity contribution is 1.14. The number of imidazole rings is 1. The first-order valence-corrected chi connectivity index (χ1v) is 7.34. The summed E-state index contributed by atoms with van der Waals surface area (Å²) in [7, 11) is 0. The van der Waals surface area contributed by atoms with E-state index >= 15 is 0 Å². The predicted molar refractivity (Wildman–Crippen MR) is 81.6 cm³/mol. The minimum atomic E-state index is 0.872. The zero-order valence-corrected chi connectivity index (χ0v) is 11.9. The fourth-order valence-corrected chi connectivity index (χ4v) is 3.05. The van der Waals surface area contributed by atoms with Crippen LogP contribution >= 0.6 is 11.8 Å². The van der Waals surface area contributed by atoms with Crippen LogP contribution in [0.2, 0.25) is 0 Å². The molecule has 1 N–H and O–H groups in total. The van der Waals surface area contributed by atoms with E-state index in [0.717, 1.165) is 22.6 Å². The number of fused-ring (bicyclic) bond motifs is 1. The van der Waals surface area contributed by atoms with Crippen molar-refractivity contribution in [2.75, 3.05) is 0 Å². The molecule has 0 unspecified atom stereocenters. The van der Waals surface area contributed by atoms with Gasteiger partial charge in [-0.25, -0.2) is 4.98 Å². The average molecular weight is 268 g/mol. The molecule has 0 aliphatic rings. The molecule has 0 atom stereocenters. The quantitative estimate of drug-likeness (QED) is 0.710. The van der Waals surface area contributed by atoms with Crippen molar-refractivity contribution in [3.05, 3.63) is 59.4 Å². The number of aryl methyl sites for hydroxylation is 2. The molecule has 1 heterocycles. The van der Waals surface area contributed by atoms with Gasteiger partial charge in [0.1, 0.15) is 5.82 Å². The minimum absolute atomic E-state index is 0.872. The van der Waals surface area contributed by atoms with E-state index in [1.54, 1.807) is 11.8 Å². The van der Waals surface area contributed by atoms with Crippen molar-refractivity contribution in [2.24, 2.45) is 0 Å². The summed E-state index contributed by atoms with van der Waals surface area (Å²) in [4.78, 5) is 9.38. The molecule has 0 bridgehead atoms. The third-order valence-electron chi connectivity index (χ3n) is 3.09. The van der Waals surface area contributed by atoms with Crippen molar-refractivity contribution in [3.8, 4) is 0 Å². The van der Waals surface area contributed by atoms with Gasteiger partial charge in [0.15, 0.2) is 0 Å². The maximum Gasteiger partial charge on any atom is 0.117 e. The highest BCUT2D eigenvalue weighted by Crippen LogP contribution is 2.24. The molecule has 0 fully saturated rings. The van der Waals surface area contributed by atoms with Gasteiger partial charge in [-0.1, -0.05) is 24.3 Å². The van der Waals surface area contributed by atoms with Crippen molar-refractivity contribution >= 4 is 22.8 Å². The van der Waals surface area contributed by atoms with Crippen LogP contribution in [0, 0.1) is 13.8 Å². The Morgan fingerprint density at radius 1 is 1.11 bits per heavy atom. The van der Waals surface area contributed by atoms with Gasteiger partial charge in [0.05, 0.1) is 16.8 Å². The molecular weight excluding hydrogens is 252 g/mol. The third kappa shape index (κ3) is 2.66. The highest BCUT2D eigenvalue weighted by atomic mass is 32.2. The number of nitrogens with zero attached hydrogens (tertiary/aromatic N) is 1. The Kier molecular flexibility index (Phi) is 3.30. The molecule has 0 radical (unpaired) electrons. The third-order valence-corrected chi connectivity index (χ3v) is 4.11. The van der Waals surface area contributed by atoms with Crippen molar-refractivity contribution in [3.63, 3.8) is 0 Å². The van der Waals surface area contributed by atoms with Crippen LogP contribution in [0.1, 0.15) is 17.0 Å². The van der Waals surface area contributed by atoms with Gasteiger partial charge < -0.3 is 4.98 Å². The number of rotatable bonds is 3. The Bertz CT molecular complexity index is 701. The van der Waals surface area contributed by atoms with Gasteiger partial charge in [-0.05, 0) is 43.2 Å². The van der Waals surface area contributed by atoms with Gasteiger partial charge in [0, 0.05) is 4.90 Å². The van der Waals surface area contributed by atoms with Gasteiger partial charge >= 0.3 is 0 Å². The molecule has 0 aliphatic heterocycles. The van der Waals surface area contributed by atoms with E-state index in [4.69, 9.17) is 4.98 Å². The van der Waals surface area contributed by atoms with Crippen LogP contribution in [0.4, 0.5) is 0 Å². The van der Waals surface area contributed by atoms with E-state index in [2.05, 4.69) is 55.2 Å². The highest BCUT2D eigenvalue weighted by molar-refractivity contribution is 7.98. The number of H-pyrrole nitrogens is 1. The van der Waals surface area contributed by atoms with Crippen LogP contribution in [0.15, 0.2) is 47.4 Å². The summed E-state index contributed by atoms with van der Waals surface area (Å²) in [6.45, 7) is 4.23. The Balaban J connectivity index is 1.84. The molecule has 1 aromatic heterocycles. The number of thioether (sulfide) groups is 1. The van der Waals surface area contributed by atoms with E-state index in [1.165, 1.54) is 16.0 Å². The molecule has 3 rings (SSSR count). The summed E-state index contributed by atoms with van der Waals surface area (Å²) in [5, 5.41) is 0. The summed E-state index contributed by atoms with van der Waals surface area (Å²) >= 11 is 1.81. The van der Waals surface area contributed by atoms with E-state index in [1.807, 2.05) is 6.07 Å². The first-order valence-electron chi connectivity index (χ1n) is 6.36. The molecule has 0 saturated carbocycles. The second-order valence-corrected chi connectivity index (χ2v) is 5.81. The second kappa shape index (κ2) is 5.10. The summed E-state index contributed by atoms with van der Waals surface area (Å²) in [6, 6.07) is 14.8. The maximum absolute atomic E-state index is 4.69. The lowest BCUT2D eigenvalue weighted by atomic mass is 10.1. The SMILES string of the molecule is Cc1cc(C)c2nc(CSc3ccccc3)[nH]c2c1. The fraction of sp³-hybridized carbons (Fsp3) is 0.188. The number of aromatic amines is 1. The van der Waals surface area contributed by atoms with Gasteiger partial charge in [0.2, 0.25) is 0 Å². The Labute approximate surface area is 117 Å². The van der Waals surface area contributed by atoms with Crippen molar-refractivity contribution < 1.29 is 0 Å². The number of hydrogen-bond donors (Lipinski definition) is 1. The smallest absolute Gasteiger partial charge is 0.117 e. The normalized spacial score (nSPS) is 11.1. The number of aromatic nitrogens is 2. The van der Waals surface area contributed by atoms with Crippen molar-refractivity contribution in [1.82, 2.24) is 9.97 Å². The Morgan fingerprint density at radius 3 is 2.68 bits per heavy atom. The standard InChI is InChI=1S/C16H16N2S/c1-11-8-12(2)16-14(9-11)17-15(18-16)10-19-13-6-4-3-5-7-13/h3-9H,10H2,1-2H3,(H,17,18). The predicted octanol–water partition coefficient (Wildman–Crippen LogP) is 4.47. The summed E-state index contributed by atoms with van der Waals surface area (Å²) in [5.41, 5.74) is 4.74. The van der Waals surface area contributed by atoms with Crippen molar-refractivity contribution in [1.29, 1.82) is 0 Å². The first-order chi connectivity index (χ1) is 9.22. The number of hydrogen-bond acceptors (Lipinski definition) is 2. The molecular formula is C16H16N2S. The summed E-state index contributed by atoms with van der Waals surface area (Å²) in [5.74, 6) is 1.91. The van der Waals surface area contributed by atoms with Gasteiger partial charge in [-0.3, -0.25) is 0 Å². The van der Waals surface area contributed by atoms with Gasteiger partial charge in [-0.2, -0.15) is 0 Å². The lowest BCUT2D eigenvalue weighted by Gasteiger charge is -1.97. The van der Waals surface area contributed by atoms with E-state index in [0.29, 0.717) is 0 Å². The minimum Gasteiger partial charge on any atom is -0.341 e. The molecule has 0 amide bonds. The van der Waals surface area contributed by atoms with Gasteiger partial charge in [-0.15, -0.1) is 11.8 Å². The molecule has 0 spiro atoms. The topological polar surface area (TPSA) is 28.7 Å². The van der Waals surface area contributed by atoms with Crippen LogP contribution in [0.5, 0.6) is 0 Å². The zero-order chi connectivity index (χ0) is 13.2. The lowest BCUT2D eigenvalue weighted by Crippen LogP contribution is -1.83. The fourth-order valence-electron chi connectivity index (χ4n) is 2.26. The summed E-state index contributed by atoms with van der Waals surface area (Å²) < 4.78 is 0. The van der Waals surface area contributed by atoms with E-state index < -0.39 is 0 Å². The van der Waals surface area contributed by atoms with Crippen LogP contribution in [-0.4, -0.2) is 9.97 Å². The Hall–Kier alpha value is -1.74. The monoisotopic (exact) mass is 268 g/mol. The van der Waals surface area contributed by atoms with Crippen molar-refractivity contribution in [2.45, 2.75) is 24.5 Å². The van der Waals surface area contributed by atoms with Gasteiger partial charge in [0.25, 0.3) is 0 Å². The van der Waals surface area contributed by atoms with Crippen LogP contribution in [0.3, 0.4) is 0 Å². The molecule has 2 aromatic carbocycles. The molecule has 0 saturated heterocycles. The number of nitrogens with one attached hydrogen (secondary N) is 1. The molecule has 3 heteroatoms. The van der Waals surface area contributed by atoms with Crippen LogP contribution < -0.4 is 0 Å². The largest absolute Gasteiger partial charge is 0.341 e. The van der Waals surface area contributed by atoms with E-state index in [-0.39, 0.29) is 0 Å². The Morgan fingerprint density at radius 2 is 1.89 bits per heavy atom.